The van der Waals surface area contributed by atoms with Crippen LogP contribution in [0.2, 0.25) is 0 Å². The molecule has 6 heteroatoms. The summed E-state index contributed by atoms with van der Waals surface area (Å²) in [5.41, 5.74) is 0. The Hall–Kier alpha value is -1.11. The molecule has 2 heterocycles. The number of rotatable bonds is 8. The van der Waals surface area contributed by atoms with Crippen LogP contribution >= 0.6 is 0 Å². The summed E-state index contributed by atoms with van der Waals surface area (Å²) in [6, 6.07) is 0. The summed E-state index contributed by atoms with van der Waals surface area (Å²) in [6.45, 7) is 8.11. The molecule has 1 N–H and O–H groups in total. The van der Waals surface area contributed by atoms with Gasteiger partial charge in [0.15, 0.2) is 0 Å². The van der Waals surface area contributed by atoms with Gasteiger partial charge in [0.25, 0.3) is 0 Å². The Kier molecular flexibility index (Phi) is 6.29. The highest BCUT2D eigenvalue weighted by molar-refractivity contribution is 5.25. The second-order valence-corrected chi connectivity index (χ2v) is 5.14. The van der Waals surface area contributed by atoms with Gasteiger partial charge in [-0.05, 0) is 20.4 Å². The summed E-state index contributed by atoms with van der Waals surface area (Å²) in [5.74, 6) is 0.915. The molecule has 1 atom stereocenters. The number of anilines is 1. The van der Waals surface area contributed by atoms with Crippen molar-refractivity contribution in [1.29, 1.82) is 0 Å². The van der Waals surface area contributed by atoms with Gasteiger partial charge in [-0.25, -0.2) is 4.98 Å². The van der Waals surface area contributed by atoms with Crippen LogP contribution in [0.5, 0.6) is 0 Å². The van der Waals surface area contributed by atoms with Crippen molar-refractivity contribution in [3.8, 4) is 0 Å². The first kappa shape index (κ1) is 15.3. The Labute approximate surface area is 121 Å². The van der Waals surface area contributed by atoms with E-state index in [9.17, 15) is 0 Å². The van der Waals surface area contributed by atoms with Crippen molar-refractivity contribution in [2.75, 3.05) is 51.8 Å². The summed E-state index contributed by atoms with van der Waals surface area (Å²) in [7, 11) is 2.14. The monoisotopic (exact) mass is 282 g/mol. The highest BCUT2D eigenvalue weighted by Crippen LogP contribution is 2.10. The molecule has 20 heavy (non-hydrogen) atoms. The third-order valence-electron chi connectivity index (χ3n) is 3.41. The average Bonchev–Trinajstić information content (AvgIpc) is 2.86. The van der Waals surface area contributed by atoms with Gasteiger partial charge >= 0.3 is 0 Å². The summed E-state index contributed by atoms with van der Waals surface area (Å²) >= 11 is 0. The zero-order chi connectivity index (χ0) is 14.2. The van der Waals surface area contributed by atoms with Crippen LogP contribution < -0.4 is 5.32 Å². The summed E-state index contributed by atoms with van der Waals surface area (Å²) in [5, 5.41) is 3.36. The van der Waals surface area contributed by atoms with E-state index in [1.54, 1.807) is 0 Å². The van der Waals surface area contributed by atoms with Crippen LogP contribution in [0.3, 0.4) is 0 Å². The van der Waals surface area contributed by atoms with Gasteiger partial charge in [-0.15, -0.1) is 0 Å². The maximum absolute atomic E-state index is 5.80. The molecule has 1 aliphatic rings. The van der Waals surface area contributed by atoms with Crippen LogP contribution in [0.4, 0.5) is 5.95 Å². The van der Waals surface area contributed by atoms with Crippen molar-refractivity contribution < 1.29 is 9.47 Å². The maximum atomic E-state index is 5.80. The van der Waals surface area contributed by atoms with Crippen LogP contribution in [0.1, 0.15) is 13.3 Å². The molecule has 1 saturated heterocycles. The highest BCUT2D eigenvalue weighted by atomic mass is 16.5. The van der Waals surface area contributed by atoms with E-state index in [1.807, 2.05) is 19.3 Å². The van der Waals surface area contributed by atoms with Crippen LogP contribution in [-0.4, -0.2) is 67.1 Å². The topological polar surface area (TPSA) is 51.5 Å². The van der Waals surface area contributed by atoms with E-state index in [1.165, 1.54) is 0 Å². The van der Waals surface area contributed by atoms with Gasteiger partial charge in [-0.3, -0.25) is 0 Å². The zero-order valence-corrected chi connectivity index (χ0v) is 12.5. The van der Waals surface area contributed by atoms with Crippen LogP contribution in [-0.2, 0) is 16.0 Å². The van der Waals surface area contributed by atoms with E-state index in [0.717, 1.165) is 58.4 Å². The number of morpholine rings is 1. The molecule has 1 aromatic rings. The number of hydrogen-bond acceptors (Lipinski definition) is 5. The molecule has 1 fully saturated rings. The van der Waals surface area contributed by atoms with Crippen molar-refractivity contribution in [2.45, 2.75) is 26.0 Å². The predicted octanol–water partition coefficient (Wildman–Crippen LogP) is 1.05. The van der Waals surface area contributed by atoms with Gasteiger partial charge < -0.3 is 24.3 Å². The van der Waals surface area contributed by atoms with E-state index < -0.39 is 0 Å². The lowest BCUT2D eigenvalue weighted by molar-refractivity contribution is -0.0272. The summed E-state index contributed by atoms with van der Waals surface area (Å²) in [4.78, 5) is 6.67. The second kappa shape index (κ2) is 8.24. The number of aromatic nitrogens is 2. The molecule has 0 saturated carbocycles. The standard InChI is InChI=1S/C14H26N4O2/c1-3-19-9-4-5-15-14-16-6-7-18(14)12-13-11-17(2)8-10-20-13/h6-7,13H,3-5,8-12H2,1-2H3,(H,15,16). The number of hydrogen-bond donors (Lipinski definition) is 1. The van der Waals surface area contributed by atoms with Crippen LogP contribution in [0.15, 0.2) is 12.4 Å². The lowest BCUT2D eigenvalue weighted by atomic mass is 10.3. The molecule has 1 unspecified atom stereocenters. The Bertz CT molecular complexity index is 383. The Morgan fingerprint density at radius 1 is 1.55 bits per heavy atom. The Morgan fingerprint density at radius 2 is 2.45 bits per heavy atom. The first-order valence-electron chi connectivity index (χ1n) is 7.42. The number of nitrogens with one attached hydrogen (secondary N) is 1. The van der Waals surface area contributed by atoms with E-state index in [0.29, 0.717) is 0 Å². The summed E-state index contributed by atoms with van der Waals surface area (Å²) in [6.07, 6.45) is 5.07. The van der Waals surface area contributed by atoms with E-state index in [-0.39, 0.29) is 6.10 Å². The lowest BCUT2D eigenvalue weighted by Crippen LogP contribution is -2.42. The fraction of sp³-hybridized carbons (Fsp3) is 0.786. The minimum absolute atomic E-state index is 0.243. The molecule has 1 aliphatic heterocycles. The third kappa shape index (κ3) is 4.77. The van der Waals surface area contributed by atoms with Gasteiger partial charge in [-0.2, -0.15) is 0 Å². The maximum Gasteiger partial charge on any atom is 0.202 e. The number of nitrogens with zero attached hydrogens (tertiary/aromatic N) is 3. The molecular formula is C14H26N4O2. The van der Waals surface area contributed by atoms with E-state index in [2.05, 4.69) is 26.8 Å². The molecule has 0 aliphatic carbocycles. The first-order valence-corrected chi connectivity index (χ1v) is 7.42. The predicted molar refractivity (Wildman–Crippen MR) is 79.1 cm³/mol. The van der Waals surface area contributed by atoms with Gasteiger partial charge in [-0.1, -0.05) is 0 Å². The second-order valence-electron chi connectivity index (χ2n) is 5.14. The van der Waals surface area contributed by atoms with Crippen LogP contribution in [0.25, 0.3) is 0 Å². The van der Waals surface area contributed by atoms with Crippen molar-refractivity contribution >= 4 is 5.95 Å². The minimum Gasteiger partial charge on any atom is -0.382 e. The molecule has 114 valence electrons. The van der Waals surface area contributed by atoms with E-state index in [4.69, 9.17) is 9.47 Å². The van der Waals surface area contributed by atoms with Crippen molar-refractivity contribution in [1.82, 2.24) is 14.5 Å². The average molecular weight is 282 g/mol. The minimum atomic E-state index is 0.243. The third-order valence-corrected chi connectivity index (χ3v) is 3.41. The Morgan fingerprint density at radius 3 is 3.25 bits per heavy atom. The normalized spacial score (nSPS) is 20.2. The molecule has 0 radical (unpaired) electrons. The Balaban J connectivity index is 1.76. The van der Waals surface area contributed by atoms with Crippen LogP contribution in [0, 0.1) is 0 Å². The van der Waals surface area contributed by atoms with Crippen molar-refractivity contribution in [3.05, 3.63) is 12.4 Å². The van der Waals surface area contributed by atoms with Crippen molar-refractivity contribution in [2.24, 2.45) is 0 Å². The molecule has 6 nitrogen and oxygen atoms in total. The lowest BCUT2D eigenvalue weighted by Gasteiger charge is -2.30. The molecule has 1 aromatic heterocycles. The molecule has 0 bridgehead atoms. The van der Waals surface area contributed by atoms with Gasteiger partial charge in [0.2, 0.25) is 5.95 Å². The van der Waals surface area contributed by atoms with E-state index >= 15 is 0 Å². The zero-order valence-electron chi connectivity index (χ0n) is 12.5. The number of likely N-dealkylation sites (N-methyl/N-ethyl adjacent to an activating group) is 1. The molecule has 0 spiro atoms. The smallest absolute Gasteiger partial charge is 0.202 e. The van der Waals surface area contributed by atoms with Gasteiger partial charge in [0, 0.05) is 45.2 Å². The molecular weight excluding hydrogens is 256 g/mol. The van der Waals surface area contributed by atoms with Gasteiger partial charge in [0.05, 0.1) is 19.3 Å². The van der Waals surface area contributed by atoms with Gasteiger partial charge in [0.1, 0.15) is 0 Å². The number of ether oxygens (including phenoxy) is 2. The van der Waals surface area contributed by atoms with Crippen molar-refractivity contribution in [3.63, 3.8) is 0 Å². The molecule has 2 rings (SSSR count). The first-order chi connectivity index (χ1) is 9.79. The summed E-state index contributed by atoms with van der Waals surface area (Å²) < 4.78 is 13.2. The SMILES string of the molecule is CCOCCCNc1nccn1CC1CN(C)CCO1. The fourth-order valence-electron chi connectivity index (χ4n) is 2.34. The quantitative estimate of drug-likeness (QED) is 0.722. The largest absolute Gasteiger partial charge is 0.382 e. The fourth-order valence-corrected chi connectivity index (χ4v) is 2.34. The highest BCUT2D eigenvalue weighted by Gasteiger charge is 2.18. The molecule has 0 amide bonds. The molecule has 0 aromatic carbocycles. The number of imidazole rings is 1.